The number of halogens is 1. The second kappa shape index (κ2) is 13.9. The van der Waals surface area contributed by atoms with Crippen LogP contribution in [0.15, 0.2) is 59.6 Å². The number of carbonyl (C=O) groups is 1. The Morgan fingerprint density at radius 2 is 2.05 bits per heavy atom. The molecule has 1 aliphatic heterocycles. The molecule has 38 heavy (non-hydrogen) atoms. The van der Waals surface area contributed by atoms with Crippen molar-refractivity contribution in [2.45, 2.75) is 56.5 Å². The molecule has 0 amide bonds. The highest BCUT2D eigenvalue weighted by atomic mass is 32.2. The first-order valence-electron chi connectivity index (χ1n) is 13.6. The summed E-state index contributed by atoms with van der Waals surface area (Å²) < 4.78 is 20.9. The summed E-state index contributed by atoms with van der Waals surface area (Å²) >= 11 is 1.90. The van der Waals surface area contributed by atoms with Gasteiger partial charge in [0, 0.05) is 29.4 Å². The highest BCUT2D eigenvalue weighted by Gasteiger charge is 2.30. The minimum Gasteiger partial charge on any atom is -0.497 e. The van der Waals surface area contributed by atoms with Crippen LogP contribution in [0.4, 0.5) is 4.39 Å². The van der Waals surface area contributed by atoms with Gasteiger partial charge in [0.2, 0.25) is 0 Å². The number of fused-ring (bicyclic) bond motifs is 1. The molecule has 1 fully saturated rings. The number of hydrogen-bond acceptors (Lipinski definition) is 5. The fourth-order valence-corrected chi connectivity index (χ4v) is 6.59. The molecule has 1 aromatic heterocycles. The largest absolute Gasteiger partial charge is 0.497 e. The first-order valence-corrected chi connectivity index (χ1v) is 14.6. The summed E-state index contributed by atoms with van der Waals surface area (Å²) in [6, 6.07) is 15.8. The first kappa shape index (κ1) is 28.4. The highest BCUT2D eigenvalue weighted by Crippen LogP contribution is 2.36. The maximum absolute atomic E-state index is 15.6. The van der Waals surface area contributed by atoms with Crippen LogP contribution in [-0.4, -0.2) is 53.5 Å². The van der Waals surface area contributed by atoms with Gasteiger partial charge in [0.15, 0.2) is 0 Å². The van der Waals surface area contributed by atoms with Gasteiger partial charge in [-0.2, -0.15) is 0 Å². The van der Waals surface area contributed by atoms with E-state index in [1.165, 1.54) is 10.5 Å². The van der Waals surface area contributed by atoms with E-state index >= 15 is 4.39 Å². The normalized spacial score (nSPS) is 18.9. The molecule has 1 aliphatic rings. The second-order valence-corrected chi connectivity index (χ2v) is 11.5. The number of carboxylic acid groups (broad SMARTS) is 1. The highest BCUT2D eigenvalue weighted by molar-refractivity contribution is 7.99. The molecule has 0 spiro atoms. The number of likely N-dealkylation sites (tertiary alicyclic amines) is 1. The SMILES string of the molecule is COc1ccc2nccc([C@@H](F)CCC3CCN(CCCSc4ccccc4C)CC3CCC(=O)O)c2c1. The summed E-state index contributed by atoms with van der Waals surface area (Å²) in [6.07, 6.45) is 4.68. The number of pyridine rings is 1. The first-order chi connectivity index (χ1) is 18.4. The predicted molar refractivity (Wildman–Crippen MR) is 153 cm³/mol. The zero-order chi connectivity index (χ0) is 26.9. The molecule has 1 saturated heterocycles. The van der Waals surface area contributed by atoms with Crippen molar-refractivity contribution in [3.05, 3.63) is 65.9 Å². The van der Waals surface area contributed by atoms with E-state index in [-0.39, 0.29) is 12.3 Å². The molecule has 2 aromatic carbocycles. The van der Waals surface area contributed by atoms with E-state index in [2.05, 4.69) is 41.1 Å². The van der Waals surface area contributed by atoms with Crippen molar-refractivity contribution < 1.29 is 19.0 Å². The van der Waals surface area contributed by atoms with Gasteiger partial charge in [0.1, 0.15) is 11.9 Å². The Morgan fingerprint density at radius 1 is 1.21 bits per heavy atom. The number of rotatable bonds is 13. The summed E-state index contributed by atoms with van der Waals surface area (Å²) in [6.45, 7) is 5.07. The maximum atomic E-state index is 15.6. The van der Waals surface area contributed by atoms with Crippen LogP contribution in [0.1, 0.15) is 55.8 Å². The number of benzene rings is 2. The van der Waals surface area contributed by atoms with Crippen molar-refractivity contribution in [3.63, 3.8) is 0 Å². The van der Waals surface area contributed by atoms with Gasteiger partial charge < -0.3 is 14.7 Å². The van der Waals surface area contributed by atoms with Crippen molar-refractivity contribution in [3.8, 4) is 5.75 Å². The van der Waals surface area contributed by atoms with Crippen LogP contribution in [0.3, 0.4) is 0 Å². The van der Waals surface area contributed by atoms with Crippen LogP contribution in [0.25, 0.3) is 10.9 Å². The van der Waals surface area contributed by atoms with E-state index in [1.807, 2.05) is 30.0 Å². The molecule has 2 unspecified atom stereocenters. The number of piperidine rings is 1. The molecule has 0 saturated carbocycles. The van der Waals surface area contributed by atoms with Crippen LogP contribution in [0, 0.1) is 18.8 Å². The molecular formula is C31H39FN2O3S. The Bertz CT molecular complexity index is 1210. The van der Waals surface area contributed by atoms with Gasteiger partial charge in [-0.1, -0.05) is 18.2 Å². The number of methoxy groups -OCH3 is 1. The molecule has 7 heteroatoms. The number of ether oxygens (including phenoxy) is 1. The van der Waals surface area contributed by atoms with E-state index in [0.29, 0.717) is 30.1 Å². The Labute approximate surface area is 229 Å². The van der Waals surface area contributed by atoms with Crippen molar-refractivity contribution in [1.29, 1.82) is 0 Å². The van der Waals surface area contributed by atoms with E-state index in [0.717, 1.165) is 55.6 Å². The molecule has 1 N–H and O–H groups in total. The Morgan fingerprint density at radius 3 is 2.84 bits per heavy atom. The van der Waals surface area contributed by atoms with Crippen LogP contribution in [0.5, 0.6) is 5.75 Å². The van der Waals surface area contributed by atoms with Crippen molar-refractivity contribution in [2.75, 3.05) is 32.5 Å². The number of aryl methyl sites for hydroxylation is 1. The van der Waals surface area contributed by atoms with Gasteiger partial charge in [-0.05, 0) is 111 Å². The summed E-state index contributed by atoms with van der Waals surface area (Å²) in [7, 11) is 1.61. The predicted octanol–water partition coefficient (Wildman–Crippen LogP) is 7.33. The third-order valence-corrected chi connectivity index (χ3v) is 9.05. The molecule has 2 heterocycles. The van der Waals surface area contributed by atoms with Crippen LogP contribution >= 0.6 is 11.8 Å². The van der Waals surface area contributed by atoms with Gasteiger partial charge in [-0.25, -0.2) is 4.39 Å². The summed E-state index contributed by atoms with van der Waals surface area (Å²) in [5.74, 6) is 1.63. The zero-order valence-corrected chi connectivity index (χ0v) is 23.3. The number of aromatic nitrogens is 1. The molecule has 0 aliphatic carbocycles. The van der Waals surface area contributed by atoms with Gasteiger partial charge in [0.05, 0.1) is 12.6 Å². The van der Waals surface area contributed by atoms with E-state index in [1.54, 1.807) is 19.4 Å². The number of hydrogen-bond donors (Lipinski definition) is 1. The fraction of sp³-hybridized carbons (Fsp3) is 0.484. The smallest absolute Gasteiger partial charge is 0.303 e. The monoisotopic (exact) mass is 538 g/mol. The average molecular weight is 539 g/mol. The fourth-order valence-electron chi connectivity index (χ4n) is 5.63. The van der Waals surface area contributed by atoms with Crippen LogP contribution in [-0.2, 0) is 4.79 Å². The van der Waals surface area contributed by atoms with E-state index < -0.39 is 12.1 Å². The van der Waals surface area contributed by atoms with E-state index in [4.69, 9.17) is 4.74 Å². The minimum atomic E-state index is -1.09. The zero-order valence-electron chi connectivity index (χ0n) is 22.4. The van der Waals surface area contributed by atoms with Gasteiger partial charge in [-0.15, -0.1) is 11.8 Å². The lowest BCUT2D eigenvalue weighted by Gasteiger charge is -2.39. The quantitative estimate of drug-likeness (QED) is 0.182. The van der Waals surface area contributed by atoms with Crippen LogP contribution < -0.4 is 4.74 Å². The number of thioether (sulfide) groups is 1. The molecule has 3 aromatic rings. The molecule has 204 valence electrons. The van der Waals surface area contributed by atoms with Crippen molar-refractivity contribution in [1.82, 2.24) is 9.88 Å². The summed E-state index contributed by atoms with van der Waals surface area (Å²) in [5, 5.41) is 10.1. The molecule has 5 nitrogen and oxygen atoms in total. The standard InChI is InChI=1S/C31H39FN2O3S/c1-22-6-3-4-7-30(22)38-19-5-17-34-18-15-23(24(21-34)9-13-31(35)36)8-11-28(32)26-14-16-33-29-12-10-25(37-2)20-27(26)29/h3-4,6-7,10,12,14,16,20,23-24,28H,5,8-9,11,13,15,17-19,21H2,1-2H3,(H,35,36)/t23?,24?,28-/m0/s1. The van der Waals surface area contributed by atoms with Crippen molar-refractivity contribution in [2.24, 2.45) is 11.8 Å². The van der Waals surface area contributed by atoms with Gasteiger partial charge in [-0.3, -0.25) is 9.78 Å². The Balaban J connectivity index is 1.32. The lowest BCUT2D eigenvalue weighted by Crippen LogP contribution is -2.41. The molecule has 4 rings (SSSR count). The van der Waals surface area contributed by atoms with E-state index in [9.17, 15) is 9.90 Å². The molecule has 3 atom stereocenters. The number of carboxylic acids is 1. The number of aliphatic carboxylic acids is 1. The second-order valence-electron chi connectivity index (χ2n) is 10.3. The Kier molecular flexibility index (Phi) is 10.4. The maximum Gasteiger partial charge on any atom is 0.303 e. The topological polar surface area (TPSA) is 62.7 Å². The third-order valence-electron chi connectivity index (χ3n) is 7.79. The lowest BCUT2D eigenvalue weighted by atomic mass is 9.79. The molecule has 0 radical (unpaired) electrons. The van der Waals surface area contributed by atoms with Crippen LogP contribution in [0.2, 0.25) is 0 Å². The summed E-state index contributed by atoms with van der Waals surface area (Å²) in [4.78, 5) is 19.5. The molecule has 0 bridgehead atoms. The molecular weight excluding hydrogens is 499 g/mol. The summed E-state index contributed by atoms with van der Waals surface area (Å²) in [5.41, 5.74) is 2.73. The third kappa shape index (κ3) is 7.70. The Hall–Kier alpha value is -2.64. The lowest BCUT2D eigenvalue weighted by molar-refractivity contribution is -0.137. The average Bonchev–Trinajstić information content (AvgIpc) is 2.93. The number of alkyl halides is 1. The van der Waals surface area contributed by atoms with Crippen molar-refractivity contribution >= 4 is 28.6 Å². The number of nitrogens with zero attached hydrogens (tertiary/aromatic N) is 2. The minimum absolute atomic E-state index is 0.173. The van der Waals surface area contributed by atoms with Gasteiger partial charge >= 0.3 is 5.97 Å². The van der Waals surface area contributed by atoms with Gasteiger partial charge in [0.25, 0.3) is 0 Å².